The summed E-state index contributed by atoms with van der Waals surface area (Å²) in [4.78, 5) is 2.37. The summed E-state index contributed by atoms with van der Waals surface area (Å²) in [5.41, 5.74) is 9.85. The maximum atomic E-state index is 9.34. The monoisotopic (exact) mass is 513 g/mol. The zero-order valence-corrected chi connectivity index (χ0v) is 22.3. The summed E-state index contributed by atoms with van der Waals surface area (Å²) < 4.78 is 23.5. The minimum Gasteiger partial charge on any atom is -0.498 e. The normalized spacial score (nSPS) is 19.4. The first kappa shape index (κ1) is 24.8. The Bertz CT molecular complexity index is 1350. The van der Waals surface area contributed by atoms with E-state index in [1.54, 1.807) is 7.11 Å². The lowest BCUT2D eigenvalue weighted by Gasteiger charge is -2.40. The molecule has 2 aromatic rings. The van der Waals surface area contributed by atoms with Gasteiger partial charge in [0.1, 0.15) is 11.9 Å². The zero-order chi connectivity index (χ0) is 26.2. The first-order chi connectivity index (χ1) is 18.6. The lowest BCUT2D eigenvalue weighted by Crippen LogP contribution is -2.34. The van der Waals surface area contributed by atoms with E-state index in [9.17, 15) is 5.11 Å². The molecule has 0 amide bonds. The maximum absolute atomic E-state index is 9.34. The van der Waals surface area contributed by atoms with Gasteiger partial charge >= 0.3 is 0 Å². The van der Waals surface area contributed by atoms with Crippen molar-refractivity contribution >= 4 is 5.70 Å². The Labute approximate surface area is 224 Å². The Morgan fingerprint density at radius 2 is 1.87 bits per heavy atom. The van der Waals surface area contributed by atoms with Crippen LogP contribution >= 0.6 is 0 Å². The average molecular weight is 514 g/mol. The lowest BCUT2D eigenvalue weighted by molar-refractivity contribution is 0.0520. The smallest absolute Gasteiger partial charge is 0.231 e. The van der Waals surface area contributed by atoms with Crippen LogP contribution in [0.1, 0.15) is 48.4 Å². The van der Waals surface area contributed by atoms with E-state index < -0.39 is 0 Å². The van der Waals surface area contributed by atoms with Gasteiger partial charge in [-0.2, -0.15) is 0 Å². The van der Waals surface area contributed by atoms with E-state index >= 15 is 0 Å². The topological polar surface area (TPSA) is 60.4 Å². The van der Waals surface area contributed by atoms with Crippen molar-refractivity contribution in [2.45, 2.75) is 45.1 Å². The standard InChI is InChI=1S/C32H35NO5/c1-20(2)22-7-5-21(6-8-22)15-26-24-9-10-28(35-3)32(36-14-4-13-34)27(24)18-33-12-11-23-16-29-30(38-19-37-29)17-25(23)31(26)33/h5-10,16-18,20,32,34H,4,11-15,19H2,1-3H3. The molecule has 3 heterocycles. The van der Waals surface area contributed by atoms with Crippen LogP contribution < -0.4 is 9.47 Å². The number of allylic oxidation sites excluding steroid dienone is 3. The maximum Gasteiger partial charge on any atom is 0.231 e. The molecule has 2 aromatic carbocycles. The summed E-state index contributed by atoms with van der Waals surface area (Å²) in [6.45, 7) is 6.14. The van der Waals surface area contributed by atoms with Gasteiger partial charge in [-0.05, 0) is 64.8 Å². The molecule has 4 aliphatic rings. The van der Waals surface area contributed by atoms with Crippen molar-refractivity contribution in [3.63, 3.8) is 0 Å². The van der Waals surface area contributed by atoms with E-state index in [0.717, 1.165) is 42.2 Å². The fraction of sp³-hybridized carbons (Fsp3) is 0.375. The highest BCUT2D eigenvalue weighted by molar-refractivity contribution is 5.82. The summed E-state index contributed by atoms with van der Waals surface area (Å²) in [5.74, 6) is 2.91. The molecule has 0 radical (unpaired) electrons. The predicted molar refractivity (Wildman–Crippen MR) is 147 cm³/mol. The van der Waals surface area contributed by atoms with Crippen molar-refractivity contribution in [3.8, 4) is 11.5 Å². The van der Waals surface area contributed by atoms with Crippen molar-refractivity contribution in [2.24, 2.45) is 0 Å². The quantitative estimate of drug-likeness (QED) is 0.472. The van der Waals surface area contributed by atoms with Crippen molar-refractivity contribution in [3.05, 3.63) is 99.5 Å². The predicted octanol–water partition coefficient (Wildman–Crippen LogP) is 5.49. The molecule has 1 N–H and O–H groups in total. The molecule has 0 aromatic heterocycles. The molecular weight excluding hydrogens is 478 g/mol. The van der Waals surface area contributed by atoms with Gasteiger partial charge in [0.05, 0.1) is 19.4 Å². The molecule has 6 rings (SSSR count). The fourth-order valence-corrected chi connectivity index (χ4v) is 5.75. The molecule has 1 unspecified atom stereocenters. The first-order valence-corrected chi connectivity index (χ1v) is 13.5. The second-order valence-electron chi connectivity index (χ2n) is 10.5. The van der Waals surface area contributed by atoms with Crippen LogP contribution in [0, 0.1) is 0 Å². The van der Waals surface area contributed by atoms with Crippen LogP contribution in [0.25, 0.3) is 5.70 Å². The molecule has 198 valence electrons. The Kier molecular flexibility index (Phi) is 6.76. The summed E-state index contributed by atoms with van der Waals surface area (Å²) in [6.07, 6.45) is 8.40. The van der Waals surface area contributed by atoms with Crippen LogP contribution in [0.5, 0.6) is 11.5 Å². The SMILES string of the molecule is COC1=CC=C2C(=CN3CCc4cc5c(cc4C3=C2Cc2ccc(C(C)C)cc2)OCO5)C1OCCCO. The zero-order valence-electron chi connectivity index (χ0n) is 22.3. The molecule has 6 nitrogen and oxygen atoms in total. The number of nitrogens with zero attached hydrogens (tertiary/aromatic N) is 1. The van der Waals surface area contributed by atoms with Crippen LogP contribution in [-0.2, 0) is 22.3 Å². The van der Waals surface area contributed by atoms with Gasteiger partial charge in [0.2, 0.25) is 6.79 Å². The van der Waals surface area contributed by atoms with Gasteiger partial charge in [-0.1, -0.05) is 44.2 Å². The minimum atomic E-state index is -0.315. The van der Waals surface area contributed by atoms with Gasteiger partial charge in [-0.15, -0.1) is 0 Å². The molecule has 1 aliphatic carbocycles. The number of ether oxygens (including phenoxy) is 4. The first-order valence-electron chi connectivity index (χ1n) is 13.5. The number of rotatable bonds is 8. The summed E-state index contributed by atoms with van der Waals surface area (Å²) in [5, 5.41) is 9.34. The molecule has 0 fully saturated rings. The van der Waals surface area contributed by atoms with E-state index in [1.807, 2.05) is 6.08 Å². The van der Waals surface area contributed by atoms with Crippen molar-refractivity contribution in [2.75, 3.05) is 33.7 Å². The highest BCUT2D eigenvalue weighted by Crippen LogP contribution is 2.47. The number of methoxy groups -OCH3 is 1. The second-order valence-corrected chi connectivity index (χ2v) is 10.5. The van der Waals surface area contributed by atoms with Crippen LogP contribution in [0.15, 0.2) is 77.2 Å². The number of aliphatic hydroxyl groups is 1. The average Bonchev–Trinajstić information content (AvgIpc) is 3.39. The van der Waals surface area contributed by atoms with Crippen molar-refractivity contribution < 1.29 is 24.1 Å². The van der Waals surface area contributed by atoms with Gasteiger partial charge in [0.15, 0.2) is 11.5 Å². The van der Waals surface area contributed by atoms with E-state index in [1.165, 1.54) is 39.1 Å². The Morgan fingerprint density at radius 1 is 1.08 bits per heavy atom. The van der Waals surface area contributed by atoms with Crippen LogP contribution in [0.4, 0.5) is 0 Å². The largest absolute Gasteiger partial charge is 0.498 e. The van der Waals surface area contributed by atoms with E-state index in [2.05, 4.69) is 67.4 Å². The number of hydrogen-bond donors (Lipinski definition) is 1. The molecular formula is C32H35NO5. The van der Waals surface area contributed by atoms with Gasteiger partial charge in [0.25, 0.3) is 0 Å². The van der Waals surface area contributed by atoms with Crippen LogP contribution in [-0.4, -0.2) is 49.8 Å². The van der Waals surface area contributed by atoms with Gasteiger partial charge < -0.3 is 29.0 Å². The second kappa shape index (κ2) is 10.4. The summed E-state index contributed by atoms with van der Waals surface area (Å²) in [7, 11) is 1.69. The molecule has 0 spiro atoms. The molecule has 38 heavy (non-hydrogen) atoms. The van der Waals surface area contributed by atoms with Crippen LogP contribution in [0.2, 0.25) is 0 Å². The number of aliphatic hydroxyl groups excluding tert-OH is 1. The number of fused-ring (bicyclic) bond motifs is 5. The Morgan fingerprint density at radius 3 is 2.61 bits per heavy atom. The molecule has 1 atom stereocenters. The summed E-state index contributed by atoms with van der Waals surface area (Å²) >= 11 is 0. The third kappa shape index (κ3) is 4.42. The van der Waals surface area contributed by atoms with E-state index in [-0.39, 0.29) is 19.5 Å². The van der Waals surface area contributed by atoms with Crippen molar-refractivity contribution in [1.82, 2.24) is 4.90 Å². The lowest BCUT2D eigenvalue weighted by atomic mass is 9.79. The molecule has 3 aliphatic heterocycles. The molecule has 0 saturated heterocycles. The minimum absolute atomic E-state index is 0.0984. The number of benzene rings is 2. The highest BCUT2D eigenvalue weighted by atomic mass is 16.7. The summed E-state index contributed by atoms with van der Waals surface area (Å²) in [6, 6.07) is 13.3. The van der Waals surface area contributed by atoms with Crippen molar-refractivity contribution in [1.29, 1.82) is 0 Å². The Balaban J connectivity index is 1.48. The molecule has 0 bridgehead atoms. The number of hydrogen-bond acceptors (Lipinski definition) is 6. The fourth-order valence-electron chi connectivity index (χ4n) is 5.75. The third-order valence-electron chi connectivity index (χ3n) is 7.78. The molecule has 0 saturated carbocycles. The van der Waals surface area contributed by atoms with Gasteiger partial charge in [-0.3, -0.25) is 0 Å². The highest BCUT2D eigenvalue weighted by Gasteiger charge is 2.37. The van der Waals surface area contributed by atoms with E-state index in [4.69, 9.17) is 18.9 Å². The van der Waals surface area contributed by atoms with Crippen LogP contribution in [0.3, 0.4) is 0 Å². The molecule has 6 heteroatoms. The van der Waals surface area contributed by atoms with Gasteiger partial charge in [-0.25, -0.2) is 0 Å². The third-order valence-corrected chi connectivity index (χ3v) is 7.78. The van der Waals surface area contributed by atoms with Gasteiger partial charge in [0, 0.05) is 36.9 Å². The van der Waals surface area contributed by atoms with E-state index in [0.29, 0.717) is 18.9 Å². The Hall–Kier alpha value is -3.48.